The number of hydrogen-bond acceptors (Lipinski definition) is 4. The number of nitrogens with one attached hydrogen (secondary N) is 1. The summed E-state index contributed by atoms with van der Waals surface area (Å²) >= 11 is 5.71. The SMILES string of the molecule is C=O.C=O.CNC(=O)c1cn(-c2ccccc2)c(C)n1.Cc1ccccc1Cl. The lowest BCUT2D eigenvalue weighted by Crippen LogP contribution is -2.18. The topological polar surface area (TPSA) is 81.1 Å². The maximum absolute atomic E-state index is 11.4. The van der Waals surface area contributed by atoms with Crippen LogP contribution in [0.3, 0.4) is 0 Å². The van der Waals surface area contributed by atoms with Crippen LogP contribution in [-0.2, 0) is 9.59 Å². The average molecular weight is 402 g/mol. The number of hydrogen-bond donors (Lipinski definition) is 1. The number of carbonyl (C=O) groups is 3. The van der Waals surface area contributed by atoms with E-state index in [0.29, 0.717) is 5.69 Å². The standard InChI is InChI=1S/C12H13N3O.C7H7Cl.2CH2O/c1-9-14-11(12(16)13-2)8-15(9)10-6-4-3-5-7-10;1-6-4-2-3-5-7(6)8;2*1-2/h3-8H,1-2H3,(H,13,16);2-5H,1H3;2*1H2. The lowest BCUT2D eigenvalue weighted by atomic mass is 10.2. The van der Waals surface area contributed by atoms with Gasteiger partial charge in [0.2, 0.25) is 0 Å². The molecule has 0 atom stereocenters. The molecule has 3 rings (SSSR count). The summed E-state index contributed by atoms with van der Waals surface area (Å²) in [4.78, 5) is 31.6. The van der Waals surface area contributed by atoms with E-state index in [4.69, 9.17) is 21.2 Å². The smallest absolute Gasteiger partial charge is 0.271 e. The number of para-hydroxylation sites is 1. The van der Waals surface area contributed by atoms with Gasteiger partial charge >= 0.3 is 0 Å². The van der Waals surface area contributed by atoms with Crippen molar-refractivity contribution in [2.24, 2.45) is 0 Å². The van der Waals surface area contributed by atoms with Crippen LogP contribution in [0, 0.1) is 13.8 Å². The number of halogens is 1. The molecule has 6 nitrogen and oxygen atoms in total. The van der Waals surface area contributed by atoms with E-state index in [2.05, 4.69) is 10.3 Å². The third-order valence-electron chi connectivity index (χ3n) is 3.45. The number of nitrogens with zero attached hydrogens (tertiary/aromatic N) is 2. The van der Waals surface area contributed by atoms with Gasteiger partial charge in [-0.2, -0.15) is 0 Å². The van der Waals surface area contributed by atoms with Gasteiger partial charge in [0.15, 0.2) is 0 Å². The van der Waals surface area contributed by atoms with E-state index in [1.54, 1.807) is 13.2 Å². The second kappa shape index (κ2) is 13.9. The molecule has 0 radical (unpaired) electrons. The molecule has 0 aliphatic carbocycles. The van der Waals surface area contributed by atoms with E-state index in [0.717, 1.165) is 22.1 Å². The Hall–Kier alpha value is -3.25. The Morgan fingerprint density at radius 3 is 1.96 bits per heavy atom. The van der Waals surface area contributed by atoms with Crippen LogP contribution in [-0.4, -0.2) is 36.1 Å². The lowest BCUT2D eigenvalue weighted by Gasteiger charge is -2.02. The van der Waals surface area contributed by atoms with Gasteiger partial charge in [-0.3, -0.25) is 4.79 Å². The van der Waals surface area contributed by atoms with Crippen molar-refractivity contribution in [2.75, 3.05) is 7.05 Å². The molecule has 3 aromatic rings. The summed E-state index contributed by atoms with van der Waals surface area (Å²) in [6.07, 6.45) is 1.74. The van der Waals surface area contributed by atoms with Crippen LogP contribution in [0.25, 0.3) is 5.69 Å². The minimum atomic E-state index is -0.169. The van der Waals surface area contributed by atoms with E-state index in [-0.39, 0.29) is 5.91 Å². The highest BCUT2D eigenvalue weighted by molar-refractivity contribution is 6.31. The van der Waals surface area contributed by atoms with Crippen LogP contribution < -0.4 is 5.32 Å². The first-order chi connectivity index (χ1) is 13.5. The number of imidazole rings is 1. The second-order valence-corrected chi connectivity index (χ2v) is 5.61. The number of rotatable bonds is 2. The van der Waals surface area contributed by atoms with Crippen molar-refractivity contribution in [1.29, 1.82) is 0 Å². The van der Waals surface area contributed by atoms with Crippen LogP contribution in [0.2, 0.25) is 5.02 Å². The van der Waals surface area contributed by atoms with Gasteiger partial charge in [0.05, 0.1) is 0 Å². The zero-order valence-corrected chi connectivity index (χ0v) is 16.9. The van der Waals surface area contributed by atoms with Gasteiger partial charge in [-0.05, 0) is 37.6 Å². The molecule has 0 saturated heterocycles. The van der Waals surface area contributed by atoms with Gasteiger partial charge in [-0.1, -0.05) is 48.0 Å². The Bertz CT molecular complexity index is 828. The number of benzene rings is 2. The predicted octanol–water partition coefficient (Wildman–Crippen LogP) is 3.82. The van der Waals surface area contributed by atoms with Crippen LogP contribution in [0.15, 0.2) is 60.8 Å². The quantitative estimate of drug-likeness (QED) is 0.707. The normalized spacial score (nSPS) is 8.71. The van der Waals surface area contributed by atoms with Crippen molar-refractivity contribution in [3.05, 3.63) is 82.9 Å². The van der Waals surface area contributed by atoms with Crippen molar-refractivity contribution in [2.45, 2.75) is 13.8 Å². The Morgan fingerprint density at radius 1 is 0.964 bits per heavy atom. The third-order valence-corrected chi connectivity index (χ3v) is 3.88. The van der Waals surface area contributed by atoms with Gasteiger partial charge < -0.3 is 19.5 Å². The second-order valence-electron chi connectivity index (χ2n) is 5.21. The Morgan fingerprint density at radius 2 is 1.50 bits per heavy atom. The molecule has 1 amide bonds. The van der Waals surface area contributed by atoms with Crippen LogP contribution >= 0.6 is 11.6 Å². The highest BCUT2D eigenvalue weighted by atomic mass is 35.5. The molecule has 0 saturated carbocycles. The van der Waals surface area contributed by atoms with E-state index in [1.807, 2.05) is 86.6 Å². The Kier molecular flexibility index (Phi) is 12.3. The Balaban J connectivity index is 0.000000511. The first kappa shape index (κ1) is 24.8. The minimum Gasteiger partial charge on any atom is -0.354 e. The van der Waals surface area contributed by atoms with Crippen molar-refractivity contribution in [1.82, 2.24) is 14.9 Å². The largest absolute Gasteiger partial charge is 0.354 e. The molecule has 0 spiro atoms. The highest BCUT2D eigenvalue weighted by Gasteiger charge is 2.10. The van der Waals surface area contributed by atoms with Crippen molar-refractivity contribution >= 4 is 31.1 Å². The molecule has 28 heavy (non-hydrogen) atoms. The molecule has 0 aliphatic rings. The van der Waals surface area contributed by atoms with E-state index in [1.165, 1.54) is 0 Å². The maximum Gasteiger partial charge on any atom is 0.271 e. The first-order valence-corrected chi connectivity index (χ1v) is 8.53. The lowest BCUT2D eigenvalue weighted by molar-refractivity contribution is -0.0987. The molecule has 1 heterocycles. The Labute approximate surface area is 170 Å². The fourth-order valence-electron chi connectivity index (χ4n) is 2.11. The number of carbonyl (C=O) groups excluding carboxylic acids is 3. The van der Waals surface area contributed by atoms with Crippen LogP contribution in [0.4, 0.5) is 0 Å². The molecule has 0 fully saturated rings. The molecule has 7 heteroatoms. The first-order valence-electron chi connectivity index (χ1n) is 8.15. The summed E-state index contributed by atoms with van der Waals surface area (Å²) in [6, 6.07) is 17.6. The molecule has 1 N–H and O–H groups in total. The van der Waals surface area contributed by atoms with E-state index >= 15 is 0 Å². The van der Waals surface area contributed by atoms with E-state index < -0.39 is 0 Å². The van der Waals surface area contributed by atoms with Crippen molar-refractivity contribution in [3.8, 4) is 5.69 Å². The van der Waals surface area contributed by atoms with Gasteiger partial charge in [0, 0.05) is 24.0 Å². The third kappa shape index (κ3) is 7.55. The fraction of sp³-hybridized carbons (Fsp3) is 0.143. The van der Waals surface area contributed by atoms with Crippen LogP contribution in [0.1, 0.15) is 21.9 Å². The van der Waals surface area contributed by atoms with Gasteiger partial charge in [0.25, 0.3) is 5.91 Å². The summed E-state index contributed by atoms with van der Waals surface area (Å²) in [6.45, 7) is 7.86. The zero-order chi connectivity index (χ0) is 21.5. The number of aromatic nitrogens is 2. The summed E-state index contributed by atoms with van der Waals surface area (Å²) in [5, 5.41) is 3.40. The van der Waals surface area contributed by atoms with Crippen molar-refractivity contribution < 1.29 is 14.4 Å². The molecular formula is C21H24ClN3O3. The minimum absolute atomic E-state index is 0.169. The zero-order valence-electron chi connectivity index (χ0n) is 16.2. The molecule has 1 aromatic heterocycles. The predicted molar refractivity (Wildman–Crippen MR) is 112 cm³/mol. The molecule has 0 aliphatic heterocycles. The summed E-state index contributed by atoms with van der Waals surface area (Å²) in [5.74, 6) is 0.627. The molecular weight excluding hydrogens is 378 g/mol. The summed E-state index contributed by atoms with van der Waals surface area (Å²) < 4.78 is 1.89. The highest BCUT2D eigenvalue weighted by Crippen LogP contribution is 2.12. The molecule has 2 aromatic carbocycles. The fourth-order valence-corrected chi connectivity index (χ4v) is 2.25. The van der Waals surface area contributed by atoms with Gasteiger partial charge in [-0.15, -0.1) is 0 Å². The summed E-state index contributed by atoms with van der Waals surface area (Å²) in [7, 11) is 1.60. The average Bonchev–Trinajstić information content (AvgIpc) is 3.15. The molecule has 0 unspecified atom stereocenters. The monoisotopic (exact) mass is 401 g/mol. The van der Waals surface area contributed by atoms with Gasteiger partial charge in [-0.25, -0.2) is 4.98 Å². The number of aryl methyl sites for hydroxylation is 2. The summed E-state index contributed by atoms with van der Waals surface area (Å²) in [5.41, 5.74) is 2.57. The van der Waals surface area contributed by atoms with Gasteiger partial charge in [0.1, 0.15) is 25.1 Å². The van der Waals surface area contributed by atoms with E-state index in [9.17, 15) is 4.79 Å². The maximum atomic E-state index is 11.4. The van der Waals surface area contributed by atoms with Crippen molar-refractivity contribution in [3.63, 3.8) is 0 Å². The molecule has 148 valence electrons. The molecule has 0 bridgehead atoms. The number of amides is 1. The van der Waals surface area contributed by atoms with Crippen LogP contribution in [0.5, 0.6) is 0 Å².